The van der Waals surface area contributed by atoms with Crippen LogP contribution in [0.25, 0.3) is 0 Å². The van der Waals surface area contributed by atoms with Crippen LogP contribution in [0.2, 0.25) is 0 Å². The Morgan fingerprint density at radius 3 is 2.62 bits per heavy atom. The highest BCUT2D eigenvalue weighted by Crippen LogP contribution is 2.31. The van der Waals surface area contributed by atoms with E-state index in [1.165, 1.54) is 0 Å². The Hall–Kier alpha value is -1.85. The molecule has 1 unspecified atom stereocenters. The van der Waals surface area contributed by atoms with Crippen molar-refractivity contribution in [3.63, 3.8) is 0 Å². The largest absolute Gasteiger partial charge is 0.481 e. The van der Waals surface area contributed by atoms with Crippen molar-refractivity contribution in [3.8, 4) is 0 Å². The Labute approximate surface area is 124 Å². The van der Waals surface area contributed by atoms with Gasteiger partial charge in [-0.2, -0.15) is 0 Å². The second-order valence-electron chi connectivity index (χ2n) is 7.02. The number of carbonyl (C=O) groups excluding carboxylic acids is 1. The highest BCUT2D eigenvalue weighted by Gasteiger charge is 2.40. The van der Waals surface area contributed by atoms with Crippen molar-refractivity contribution in [1.29, 1.82) is 0 Å². The maximum Gasteiger partial charge on any atom is 0.311 e. The van der Waals surface area contributed by atoms with Gasteiger partial charge in [0, 0.05) is 24.6 Å². The first-order valence-electron chi connectivity index (χ1n) is 7.13. The smallest absolute Gasteiger partial charge is 0.311 e. The molecule has 1 fully saturated rings. The minimum atomic E-state index is -0.884. The van der Waals surface area contributed by atoms with Gasteiger partial charge in [-0.25, -0.2) is 0 Å². The van der Waals surface area contributed by atoms with Crippen molar-refractivity contribution in [2.24, 2.45) is 5.41 Å². The number of carboxylic acid groups (broad SMARTS) is 1. The van der Waals surface area contributed by atoms with Gasteiger partial charge in [-0.3, -0.25) is 9.59 Å². The number of nitrogens with zero attached hydrogens (tertiary/aromatic N) is 2. The Morgan fingerprint density at radius 2 is 2.10 bits per heavy atom. The number of aromatic nitrogens is 1. The molecule has 2 rings (SSSR count). The van der Waals surface area contributed by atoms with E-state index in [1.807, 2.05) is 20.8 Å². The number of likely N-dealkylation sites (tertiary alicyclic amines) is 1. The number of carboxylic acids is 1. The summed E-state index contributed by atoms with van der Waals surface area (Å²) in [6.07, 6.45) is 1.26. The van der Waals surface area contributed by atoms with Crippen LogP contribution in [0.4, 0.5) is 0 Å². The summed E-state index contributed by atoms with van der Waals surface area (Å²) in [6.45, 7) is 8.37. The molecule has 0 aromatic carbocycles. The van der Waals surface area contributed by atoms with Gasteiger partial charge in [-0.05, 0) is 19.8 Å². The van der Waals surface area contributed by atoms with Crippen molar-refractivity contribution in [1.82, 2.24) is 10.1 Å². The average molecular weight is 294 g/mol. The molecular weight excluding hydrogens is 272 g/mol. The molecule has 21 heavy (non-hydrogen) atoms. The van der Waals surface area contributed by atoms with Gasteiger partial charge in [0.1, 0.15) is 5.76 Å². The van der Waals surface area contributed by atoms with Crippen LogP contribution in [-0.4, -0.2) is 40.1 Å². The van der Waals surface area contributed by atoms with Crippen molar-refractivity contribution in [2.45, 2.75) is 46.0 Å². The summed E-state index contributed by atoms with van der Waals surface area (Å²) in [4.78, 5) is 25.4. The lowest BCUT2D eigenvalue weighted by Gasteiger charge is -2.37. The van der Waals surface area contributed by atoms with E-state index >= 15 is 0 Å². The highest BCUT2D eigenvalue weighted by molar-refractivity contribution is 5.93. The Morgan fingerprint density at radius 1 is 1.43 bits per heavy atom. The number of carbonyl (C=O) groups is 2. The van der Waals surface area contributed by atoms with Crippen LogP contribution >= 0.6 is 0 Å². The molecule has 0 saturated carbocycles. The lowest BCUT2D eigenvalue weighted by molar-refractivity contribution is -0.150. The van der Waals surface area contributed by atoms with Crippen LogP contribution in [0.3, 0.4) is 0 Å². The monoisotopic (exact) mass is 294 g/mol. The Balaban J connectivity index is 2.17. The molecular formula is C15H22N2O4. The molecule has 1 saturated heterocycles. The second kappa shape index (κ2) is 5.16. The molecule has 1 amide bonds. The fourth-order valence-electron chi connectivity index (χ4n) is 2.48. The van der Waals surface area contributed by atoms with Crippen molar-refractivity contribution in [2.75, 3.05) is 13.1 Å². The first-order valence-corrected chi connectivity index (χ1v) is 7.13. The second-order valence-corrected chi connectivity index (χ2v) is 7.02. The summed E-state index contributed by atoms with van der Waals surface area (Å²) in [6, 6.07) is 1.65. The zero-order chi connectivity index (χ0) is 15.8. The van der Waals surface area contributed by atoms with Gasteiger partial charge in [0.05, 0.1) is 5.41 Å². The molecule has 0 radical (unpaired) electrons. The van der Waals surface area contributed by atoms with Crippen LogP contribution in [-0.2, 0) is 10.2 Å². The number of hydrogen-bond acceptors (Lipinski definition) is 4. The Bertz CT molecular complexity index is 558. The van der Waals surface area contributed by atoms with E-state index in [-0.39, 0.29) is 23.6 Å². The van der Waals surface area contributed by atoms with Crippen LogP contribution < -0.4 is 0 Å². The molecule has 0 aliphatic carbocycles. The summed E-state index contributed by atoms with van der Waals surface area (Å²) in [5.74, 6) is -0.485. The summed E-state index contributed by atoms with van der Waals surface area (Å²) in [7, 11) is 0. The summed E-state index contributed by atoms with van der Waals surface area (Å²) in [5, 5.41) is 13.1. The number of amides is 1. The molecule has 1 aromatic heterocycles. The van der Waals surface area contributed by atoms with E-state index in [1.54, 1.807) is 17.9 Å². The van der Waals surface area contributed by atoms with Gasteiger partial charge < -0.3 is 14.5 Å². The van der Waals surface area contributed by atoms with E-state index in [0.717, 1.165) is 0 Å². The molecule has 0 spiro atoms. The van der Waals surface area contributed by atoms with E-state index in [9.17, 15) is 14.7 Å². The van der Waals surface area contributed by atoms with Crippen LogP contribution in [0.15, 0.2) is 10.6 Å². The minimum Gasteiger partial charge on any atom is -0.481 e. The first kappa shape index (κ1) is 15.5. The molecule has 1 N–H and O–H groups in total. The van der Waals surface area contributed by atoms with Crippen LogP contribution in [0, 0.1) is 5.41 Å². The molecule has 6 heteroatoms. The molecule has 1 atom stereocenters. The molecule has 1 aliphatic rings. The van der Waals surface area contributed by atoms with E-state index in [4.69, 9.17) is 4.52 Å². The summed E-state index contributed by atoms with van der Waals surface area (Å²) < 4.78 is 5.23. The predicted octanol–water partition coefficient (Wildman–Crippen LogP) is 2.30. The standard InChI is InChI=1S/C15H22N2O4/c1-14(2,3)11-8-10(16-21-11)12(18)17-7-5-6-15(4,9-17)13(19)20/h8H,5-7,9H2,1-4H3,(H,19,20). The topological polar surface area (TPSA) is 83.6 Å². The lowest BCUT2D eigenvalue weighted by atomic mass is 9.82. The third-order valence-corrected chi connectivity index (χ3v) is 3.97. The number of hydrogen-bond donors (Lipinski definition) is 1. The Kier molecular flexibility index (Phi) is 3.82. The number of aliphatic carboxylic acids is 1. The minimum absolute atomic E-state index is 0.207. The lowest BCUT2D eigenvalue weighted by Crippen LogP contribution is -2.48. The third-order valence-electron chi connectivity index (χ3n) is 3.97. The van der Waals surface area contributed by atoms with E-state index in [0.29, 0.717) is 25.1 Å². The van der Waals surface area contributed by atoms with Gasteiger partial charge in [0.15, 0.2) is 5.69 Å². The quantitative estimate of drug-likeness (QED) is 0.904. The van der Waals surface area contributed by atoms with Crippen molar-refractivity contribution in [3.05, 3.63) is 17.5 Å². The third kappa shape index (κ3) is 3.09. The number of piperidine rings is 1. The zero-order valence-electron chi connectivity index (χ0n) is 13.0. The normalized spacial score (nSPS) is 23.1. The van der Waals surface area contributed by atoms with Crippen molar-refractivity contribution < 1.29 is 19.2 Å². The van der Waals surface area contributed by atoms with Crippen LogP contribution in [0.1, 0.15) is 56.8 Å². The molecule has 0 bridgehead atoms. The molecule has 1 aliphatic heterocycles. The zero-order valence-corrected chi connectivity index (χ0v) is 13.0. The van der Waals surface area contributed by atoms with Gasteiger partial charge in [-0.15, -0.1) is 0 Å². The molecule has 116 valence electrons. The van der Waals surface area contributed by atoms with Gasteiger partial charge >= 0.3 is 5.97 Å². The maximum absolute atomic E-state index is 12.5. The maximum atomic E-state index is 12.5. The van der Waals surface area contributed by atoms with Gasteiger partial charge in [-0.1, -0.05) is 25.9 Å². The first-order chi connectivity index (χ1) is 9.63. The number of rotatable bonds is 2. The van der Waals surface area contributed by atoms with E-state index in [2.05, 4.69) is 5.16 Å². The summed E-state index contributed by atoms with van der Waals surface area (Å²) >= 11 is 0. The predicted molar refractivity (Wildman–Crippen MR) is 76.1 cm³/mol. The SMILES string of the molecule is CC1(C(=O)O)CCCN(C(=O)c2cc(C(C)(C)C)on2)C1. The fraction of sp³-hybridized carbons (Fsp3) is 0.667. The van der Waals surface area contributed by atoms with E-state index < -0.39 is 11.4 Å². The van der Waals surface area contributed by atoms with Crippen LogP contribution in [0.5, 0.6) is 0 Å². The molecule has 1 aromatic rings. The highest BCUT2D eigenvalue weighted by atomic mass is 16.5. The summed E-state index contributed by atoms with van der Waals surface area (Å²) in [5.41, 5.74) is -0.859. The van der Waals surface area contributed by atoms with Gasteiger partial charge in [0.2, 0.25) is 0 Å². The van der Waals surface area contributed by atoms with Crippen molar-refractivity contribution >= 4 is 11.9 Å². The van der Waals surface area contributed by atoms with Gasteiger partial charge in [0.25, 0.3) is 5.91 Å². The fourth-order valence-corrected chi connectivity index (χ4v) is 2.48. The molecule has 2 heterocycles. The molecule has 6 nitrogen and oxygen atoms in total. The average Bonchev–Trinajstić information content (AvgIpc) is 2.87.